The van der Waals surface area contributed by atoms with E-state index < -0.39 is 0 Å². The molecule has 0 bridgehead atoms. The predicted molar refractivity (Wildman–Crippen MR) is 65.6 cm³/mol. The minimum absolute atomic E-state index is 0.195. The Hall–Kier alpha value is -1.35. The Morgan fingerprint density at radius 2 is 2.12 bits per heavy atom. The van der Waals surface area contributed by atoms with Gasteiger partial charge in [0.1, 0.15) is 5.82 Å². The molecule has 3 heteroatoms. The summed E-state index contributed by atoms with van der Waals surface area (Å²) in [4.78, 5) is 4.61. The minimum atomic E-state index is 0.195. The van der Waals surface area contributed by atoms with Crippen LogP contribution >= 0.6 is 0 Å². The first kappa shape index (κ1) is 11.1. The second kappa shape index (κ2) is 4.26. The van der Waals surface area contributed by atoms with Gasteiger partial charge >= 0.3 is 0 Å². The fourth-order valence-corrected chi connectivity index (χ4v) is 2.06. The molecule has 1 aromatic heterocycles. The van der Waals surface area contributed by atoms with Crippen LogP contribution in [0, 0.1) is 0 Å². The number of aryl methyl sites for hydroxylation is 1. The lowest BCUT2D eigenvalue weighted by Gasteiger charge is -2.05. The van der Waals surface area contributed by atoms with Gasteiger partial charge in [-0.3, -0.25) is 0 Å². The van der Waals surface area contributed by atoms with E-state index in [4.69, 9.17) is 5.11 Å². The lowest BCUT2D eigenvalue weighted by molar-refractivity contribution is 0.299. The average molecular weight is 218 g/mol. The molecule has 1 N–H and O–H groups in total. The molecule has 0 unspecified atom stereocenters. The minimum Gasteiger partial charge on any atom is -0.396 e. The Kier molecular flexibility index (Phi) is 2.97. The van der Waals surface area contributed by atoms with Crippen LogP contribution in [-0.4, -0.2) is 21.3 Å². The van der Waals surface area contributed by atoms with E-state index in [0.717, 1.165) is 22.4 Å². The van der Waals surface area contributed by atoms with Crippen LogP contribution in [0.5, 0.6) is 0 Å². The van der Waals surface area contributed by atoms with Crippen molar-refractivity contribution >= 4 is 11.0 Å². The Morgan fingerprint density at radius 1 is 1.38 bits per heavy atom. The molecule has 3 nitrogen and oxygen atoms in total. The van der Waals surface area contributed by atoms with Crippen molar-refractivity contribution in [2.75, 3.05) is 6.61 Å². The Morgan fingerprint density at radius 3 is 2.75 bits per heavy atom. The maximum atomic E-state index is 8.93. The molecule has 86 valence electrons. The van der Waals surface area contributed by atoms with E-state index in [-0.39, 0.29) is 6.61 Å². The van der Waals surface area contributed by atoms with Crippen LogP contribution in [0.1, 0.15) is 31.2 Å². The summed E-state index contributed by atoms with van der Waals surface area (Å²) >= 11 is 0. The van der Waals surface area contributed by atoms with Gasteiger partial charge in [-0.1, -0.05) is 19.9 Å². The number of rotatable bonds is 3. The van der Waals surface area contributed by atoms with Gasteiger partial charge in [0.2, 0.25) is 0 Å². The fraction of sp³-hybridized carbons (Fsp3) is 0.462. The highest BCUT2D eigenvalue weighted by Gasteiger charge is 2.10. The molecule has 0 fully saturated rings. The maximum Gasteiger partial charge on any atom is 0.112 e. The number of imidazole rings is 1. The molecule has 1 heterocycles. The number of fused-ring (bicyclic) bond motifs is 1. The fourth-order valence-electron chi connectivity index (χ4n) is 2.06. The summed E-state index contributed by atoms with van der Waals surface area (Å²) in [5.74, 6) is 1.54. The summed E-state index contributed by atoms with van der Waals surface area (Å²) in [6, 6.07) is 6.19. The molecule has 0 aliphatic rings. The summed E-state index contributed by atoms with van der Waals surface area (Å²) < 4.78 is 2.14. The third-order valence-corrected chi connectivity index (χ3v) is 2.90. The third-order valence-electron chi connectivity index (χ3n) is 2.90. The average Bonchev–Trinajstić information content (AvgIpc) is 2.57. The maximum absolute atomic E-state index is 8.93. The molecule has 16 heavy (non-hydrogen) atoms. The molecule has 0 saturated carbocycles. The van der Waals surface area contributed by atoms with E-state index >= 15 is 0 Å². The van der Waals surface area contributed by atoms with Gasteiger partial charge in [-0.25, -0.2) is 4.98 Å². The van der Waals surface area contributed by atoms with Crippen LogP contribution in [0.15, 0.2) is 18.2 Å². The number of aromatic nitrogens is 2. The van der Waals surface area contributed by atoms with E-state index in [2.05, 4.69) is 29.5 Å². The predicted octanol–water partition coefficient (Wildman–Crippen LogP) is 2.23. The Bertz CT molecular complexity index is 500. The van der Waals surface area contributed by atoms with Crippen molar-refractivity contribution in [3.05, 3.63) is 29.6 Å². The van der Waals surface area contributed by atoms with E-state index in [1.807, 2.05) is 19.2 Å². The van der Waals surface area contributed by atoms with Gasteiger partial charge in [-0.15, -0.1) is 0 Å². The van der Waals surface area contributed by atoms with Crippen LogP contribution in [0.25, 0.3) is 11.0 Å². The second-order valence-corrected chi connectivity index (χ2v) is 4.48. The topological polar surface area (TPSA) is 38.1 Å². The zero-order chi connectivity index (χ0) is 11.7. The van der Waals surface area contributed by atoms with E-state index in [1.165, 1.54) is 0 Å². The highest BCUT2D eigenvalue weighted by Crippen LogP contribution is 2.21. The number of aliphatic hydroxyl groups excluding tert-OH is 1. The number of nitrogens with zero attached hydrogens (tertiary/aromatic N) is 2. The normalized spacial score (nSPS) is 11.6. The molecule has 2 rings (SSSR count). The molecule has 0 saturated heterocycles. The highest BCUT2D eigenvalue weighted by molar-refractivity contribution is 5.77. The first-order chi connectivity index (χ1) is 7.63. The molecular formula is C13H18N2O. The van der Waals surface area contributed by atoms with Gasteiger partial charge in [0.25, 0.3) is 0 Å². The van der Waals surface area contributed by atoms with E-state index in [0.29, 0.717) is 12.3 Å². The lowest BCUT2D eigenvalue weighted by atomic mass is 10.1. The largest absolute Gasteiger partial charge is 0.396 e. The summed E-state index contributed by atoms with van der Waals surface area (Å²) in [6.45, 7) is 4.49. The summed E-state index contributed by atoms with van der Waals surface area (Å²) in [6.07, 6.45) is 0.706. The zero-order valence-electron chi connectivity index (χ0n) is 10.1. The Labute approximate surface area is 95.7 Å². The van der Waals surface area contributed by atoms with Gasteiger partial charge in [-0.05, 0) is 24.1 Å². The summed E-state index contributed by atoms with van der Waals surface area (Å²) in [5.41, 5.74) is 3.34. The molecule has 0 amide bonds. The third kappa shape index (κ3) is 1.83. The standard InChI is InChI=1S/C13H18N2O/c1-9(2)13-14-11-5-4-10(6-7-16)8-12(11)15(13)3/h4-5,8-9,16H,6-7H2,1-3H3. The lowest BCUT2D eigenvalue weighted by Crippen LogP contribution is -1.99. The molecule has 0 aliphatic carbocycles. The van der Waals surface area contributed by atoms with Crippen molar-refractivity contribution in [2.45, 2.75) is 26.2 Å². The molecule has 2 aromatic rings. The molecule has 0 spiro atoms. The number of hydrogen-bond donors (Lipinski definition) is 1. The van der Waals surface area contributed by atoms with Crippen molar-refractivity contribution in [2.24, 2.45) is 7.05 Å². The first-order valence-electron chi connectivity index (χ1n) is 5.69. The van der Waals surface area contributed by atoms with Crippen molar-refractivity contribution in [3.8, 4) is 0 Å². The second-order valence-electron chi connectivity index (χ2n) is 4.48. The van der Waals surface area contributed by atoms with Gasteiger partial charge in [0.05, 0.1) is 11.0 Å². The van der Waals surface area contributed by atoms with Gasteiger partial charge in [-0.2, -0.15) is 0 Å². The number of hydrogen-bond acceptors (Lipinski definition) is 2. The smallest absolute Gasteiger partial charge is 0.112 e. The van der Waals surface area contributed by atoms with E-state index in [9.17, 15) is 0 Å². The quantitative estimate of drug-likeness (QED) is 0.858. The zero-order valence-corrected chi connectivity index (χ0v) is 10.1. The van der Waals surface area contributed by atoms with Crippen LogP contribution in [-0.2, 0) is 13.5 Å². The van der Waals surface area contributed by atoms with Gasteiger partial charge in [0.15, 0.2) is 0 Å². The van der Waals surface area contributed by atoms with Crippen molar-refractivity contribution in [3.63, 3.8) is 0 Å². The molecule has 0 atom stereocenters. The van der Waals surface area contributed by atoms with E-state index in [1.54, 1.807) is 0 Å². The Balaban J connectivity index is 2.55. The first-order valence-corrected chi connectivity index (χ1v) is 5.69. The van der Waals surface area contributed by atoms with Gasteiger partial charge in [0, 0.05) is 19.6 Å². The van der Waals surface area contributed by atoms with Crippen molar-refractivity contribution in [1.29, 1.82) is 0 Å². The number of aliphatic hydroxyl groups is 1. The van der Waals surface area contributed by atoms with Crippen molar-refractivity contribution in [1.82, 2.24) is 9.55 Å². The summed E-state index contributed by atoms with van der Waals surface area (Å²) in [7, 11) is 2.05. The molecule has 0 aliphatic heterocycles. The van der Waals surface area contributed by atoms with Crippen LogP contribution in [0.4, 0.5) is 0 Å². The highest BCUT2D eigenvalue weighted by atomic mass is 16.2. The molecular weight excluding hydrogens is 200 g/mol. The van der Waals surface area contributed by atoms with Gasteiger partial charge < -0.3 is 9.67 Å². The van der Waals surface area contributed by atoms with Crippen LogP contribution in [0.3, 0.4) is 0 Å². The molecule has 1 aromatic carbocycles. The monoisotopic (exact) mass is 218 g/mol. The van der Waals surface area contributed by atoms with Crippen LogP contribution in [0.2, 0.25) is 0 Å². The van der Waals surface area contributed by atoms with Crippen LogP contribution < -0.4 is 0 Å². The number of benzene rings is 1. The van der Waals surface area contributed by atoms with Crippen molar-refractivity contribution < 1.29 is 5.11 Å². The summed E-state index contributed by atoms with van der Waals surface area (Å²) in [5, 5.41) is 8.93. The SMILES string of the molecule is CC(C)c1nc2ccc(CCO)cc2n1C. The molecule has 0 radical (unpaired) electrons.